The number of rotatable bonds is 1. The van der Waals surface area contributed by atoms with E-state index in [0.29, 0.717) is 25.9 Å². The van der Waals surface area contributed by atoms with Crippen LogP contribution < -0.4 is 0 Å². The third kappa shape index (κ3) is 5.71. The van der Waals surface area contributed by atoms with Crippen LogP contribution in [0.15, 0.2) is 4.40 Å². The number of hydrogen-bond donors (Lipinski definition) is 0. The molecule has 0 bridgehead atoms. The quantitative estimate of drug-likeness (QED) is 0.700. The lowest BCUT2D eigenvalue weighted by molar-refractivity contribution is 0.0249. The molecule has 6 heteroatoms. The second kappa shape index (κ2) is 6.35. The maximum atomic E-state index is 12.0. The third-order valence-electron chi connectivity index (χ3n) is 2.73. The van der Waals surface area contributed by atoms with E-state index in [1.807, 2.05) is 41.5 Å². The van der Waals surface area contributed by atoms with Gasteiger partial charge in [-0.15, -0.1) is 0 Å². The second-order valence-electron chi connectivity index (χ2n) is 6.99. The predicted molar refractivity (Wildman–Crippen MR) is 82.4 cm³/mol. The Balaban J connectivity index is 2.52. The molecular formula is C14H26N2O3S. The number of amides is 1. The van der Waals surface area contributed by atoms with Crippen molar-refractivity contribution < 1.29 is 14.1 Å². The second-order valence-corrected chi connectivity index (χ2v) is 8.89. The SMILES string of the molecule is CC(C)(C)OC(=O)N1CCC(=N[S+]([O-])C(C)(C)C)CC1. The van der Waals surface area contributed by atoms with E-state index in [0.717, 1.165) is 5.71 Å². The van der Waals surface area contributed by atoms with Crippen molar-refractivity contribution in [3.63, 3.8) is 0 Å². The monoisotopic (exact) mass is 302 g/mol. The molecule has 1 unspecified atom stereocenters. The van der Waals surface area contributed by atoms with Gasteiger partial charge >= 0.3 is 6.09 Å². The summed E-state index contributed by atoms with van der Waals surface area (Å²) in [5.74, 6) is 0. The highest BCUT2D eigenvalue weighted by molar-refractivity contribution is 7.91. The number of nitrogens with zero attached hydrogens (tertiary/aromatic N) is 2. The van der Waals surface area contributed by atoms with Crippen LogP contribution in [0.1, 0.15) is 54.4 Å². The maximum absolute atomic E-state index is 12.0. The minimum Gasteiger partial charge on any atom is -0.591 e. The maximum Gasteiger partial charge on any atom is 0.410 e. The zero-order valence-electron chi connectivity index (χ0n) is 13.4. The Bertz CT molecular complexity index is 373. The molecule has 0 aromatic rings. The Morgan fingerprint density at radius 2 is 1.70 bits per heavy atom. The fourth-order valence-electron chi connectivity index (χ4n) is 1.62. The molecule has 0 N–H and O–H groups in total. The van der Waals surface area contributed by atoms with E-state index in [-0.39, 0.29) is 10.8 Å². The summed E-state index contributed by atoms with van der Waals surface area (Å²) in [4.78, 5) is 13.6. The molecule has 1 atom stereocenters. The highest BCUT2D eigenvalue weighted by Gasteiger charge is 2.29. The lowest BCUT2D eigenvalue weighted by atomic mass is 10.1. The Kier molecular flexibility index (Phi) is 5.49. The number of piperidine rings is 1. The van der Waals surface area contributed by atoms with Crippen LogP contribution in [0.5, 0.6) is 0 Å². The number of carbonyl (C=O) groups excluding carboxylic acids is 1. The van der Waals surface area contributed by atoms with E-state index in [9.17, 15) is 9.35 Å². The highest BCUT2D eigenvalue weighted by atomic mass is 32.2. The van der Waals surface area contributed by atoms with Crippen molar-refractivity contribution in [1.82, 2.24) is 4.90 Å². The van der Waals surface area contributed by atoms with Gasteiger partial charge in [0.25, 0.3) is 0 Å². The Morgan fingerprint density at radius 1 is 1.20 bits per heavy atom. The standard InChI is InChI=1S/C14H26N2O3S/c1-13(2,3)19-12(17)16-9-7-11(8-10-16)15-20(18)14(4,5)6/h7-10H2,1-6H3. The topological polar surface area (TPSA) is 65.0 Å². The lowest BCUT2D eigenvalue weighted by Crippen LogP contribution is -2.42. The van der Waals surface area contributed by atoms with Crippen LogP contribution in [0.3, 0.4) is 0 Å². The summed E-state index contributed by atoms with van der Waals surface area (Å²) in [6.07, 6.45) is 1.05. The van der Waals surface area contributed by atoms with E-state index >= 15 is 0 Å². The summed E-state index contributed by atoms with van der Waals surface area (Å²) in [7, 11) is 0. The molecule has 0 aliphatic carbocycles. The van der Waals surface area contributed by atoms with Crippen molar-refractivity contribution in [3.8, 4) is 0 Å². The number of likely N-dealkylation sites (tertiary alicyclic amines) is 1. The Labute approximate surface area is 125 Å². The zero-order valence-corrected chi connectivity index (χ0v) is 14.2. The molecule has 0 spiro atoms. The van der Waals surface area contributed by atoms with Crippen LogP contribution >= 0.6 is 0 Å². The van der Waals surface area contributed by atoms with E-state index in [2.05, 4.69) is 4.40 Å². The number of carbonyl (C=O) groups is 1. The van der Waals surface area contributed by atoms with Crippen molar-refractivity contribution in [2.45, 2.75) is 64.7 Å². The van der Waals surface area contributed by atoms with Gasteiger partial charge in [0.15, 0.2) is 0 Å². The normalized spacial score (nSPS) is 18.8. The van der Waals surface area contributed by atoms with Crippen LogP contribution in [0.2, 0.25) is 0 Å². The molecule has 1 rings (SSSR count). The summed E-state index contributed by atoms with van der Waals surface area (Å²) in [6, 6.07) is 0. The lowest BCUT2D eigenvalue weighted by Gasteiger charge is -2.30. The average Bonchev–Trinajstić information content (AvgIpc) is 2.26. The van der Waals surface area contributed by atoms with Gasteiger partial charge in [0.2, 0.25) is 0 Å². The summed E-state index contributed by atoms with van der Waals surface area (Å²) < 4.78 is 21.2. The summed E-state index contributed by atoms with van der Waals surface area (Å²) in [5.41, 5.74) is 0.456. The average molecular weight is 302 g/mol. The van der Waals surface area contributed by atoms with Crippen molar-refractivity contribution >= 4 is 23.2 Å². The molecular weight excluding hydrogens is 276 g/mol. The van der Waals surface area contributed by atoms with Crippen molar-refractivity contribution in [2.24, 2.45) is 4.40 Å². The molecule has 116 valence electrons. The van der Waals surface area contributed by atoms with Gasteiger partial charge in [-0.05, 0) is 41.5 Å². The van der Waals surface area contributed by atoms with Gasteiger partial charge in [-0.25, -0.2) is 4.79 Å². The molecule has 1 aliphatic rings. The summed E-state index contributed by atoms with van der Waals surface area (Å²) >= 11 is -1.22. The Morgan fingerprint density at radius 3 is 2.10 bits per heavy atom. The predicted octanol–water partition coefficient (Wildman–Crippen LogP) is 2.92. The van der Waals surface area contributed by atoms with E-state index in [1.165, 1.54) is 0 Å². The van der Waals surface area contributed by atoms with Gasteiger partial charge in [0, 0.05) is 25.9 Å². The van der Waals surface area contributed by atoms with Gasteiger partial charge in [-0.1, -0.05) is 4.40 Å². The highest BCUT2D eigenvalue weighted by Crippen LogP contribution is 2.20. The van der Waals surface area contributed by atoms with E-state index < -0.39 is 17.0 Å². The van der Waals surface area contributed by atoms with E-state index in [4.69, 9.17) is 4.74 Å². The third-order valence-corrected chi connectivity index (χ3v) is 4.20. The van der Waals surface area contributed by atoms with Crippen molar-refractivity contribution in [1.29, 1.82) is 0 Å². The van der Waals surface area contributed by atoms with Gasteiger partial charge in [-0.2, -0.15) is 0 Å². The van der Waals surface area contributed by atoms with Gasteiger partial charge in [0.1, 0.15) is 21.7 Å². The minimum atomic E-state index is -1.22. The molecule has 20 heavy (non-hydrogen) atoms. The zero-order chi connectivity index (χ0) is 15.6. The van der Waals surface area contributed by atoms with Crippen molar-refractivity contribution in [2.75, 3.05) is 13.1 Å². The fourth-order valence-corrected chi connectivity index (χ4v) is 2.31. The first kappa shape index (κ1) is 17.3. The number of hydrogen-bond acceptors (Lipinski definition) is 4. The molecule has 0 aromatic carbocycles. The van der Waals surface area contributed by atoms with Gasteiger partial charge in [-0.3, -0.25) is 0 Å². The van der Waals surface area contributed by atoms with Crippen LogP contribution in [0.4, 0.5) is 4.79 Å². The number of ether oxygens (including phenoxy) is 1. The van der Waals surface area contributed by atoms with Crippen LogP contribution in [-0.4, -0.2) is 44.7 Å². The molecule has 1 fully saturated rings. The molecule has 1 aliphatic heterocycles. The van der Waals surface area contributed by atoms with Crippen LogP contribution in [-0.2, 0) is 16.1 Å². The molecule has 0 aromatic heterocycles. The Hall–Kier alpha value is -0.750. The molecule has 0 saturated carbocycles. The smallest absolute Gasteiger partial charge is 0.410 e. The summed E-state index contributed by atoms with van der Waals surface area (Å²) in [6.45, 7) is 12.4. The molecule has 1 saturated heterocycles. The fraction of sp³-hybridized carbons (Fsp3) is 0.857. The first-order chi connectivity index (χ1) is 8.99. The minimum absolute atomic E-state index is 0.284. The molecule has 0 radical (unpaired) electrons. The van der Waals surface area contributed by atoms with Gasteiger partial charge in [0.05, 0.1) is 5.71 Å². The molecule has 1 heterocycles. The van der Waals surface area contributed by atoms with Crippen LogP contribution in [0.25, 0.3) is 0 Å². The van der Waals surface area contributed by atoms with Crippen molar-refractivity contribution in [3.05, 3.63) is 0 Å². The van der Waals surface area contributed by atoms with Gasteiger partial charge < -0.3 is 14.2 Å². The van der Waals surface area contributed by atoms with Crippen LogP contribution in [0, 0.1) is 0 Å². The summed E-state index contributed by atoms with van der Waals surface area (Å²) in [5, 5.41) is 0. The largest absolute Gasteiger partial charge is 0.591 e. The first-order valence-electron chi connectivity index (χ1n) is 6.95. The molecule has 1 amide bonds. The first-order valence-corrected chi connectivity index (χ1v) is 8.06. The van der Waals surface area contributed by atoms with E-state index in [1.54, 1.807) is 4.90 Å². The molecule has 5 nitrogen and oxygen atoms in total.